The summed E-state index contributed by atoms with van der Waals surface area (Å²) in [5.74, 6) is 0.988. The van der Waals surface area contributed by atoms with Gasteiger partial charge in [-0.15, -0.1) is 24.0 Å². The van der Waals surface area contributed by atoms with Gasteiger partial charge < -0.3 is 20.5 Å². The van der Waals surface area contributed by atoms with Gasteiger partial charge in [-0.05, 0) is 19.9 Å². The quantitative estimate of drug-likeness (QED) is 0.417. The van der Waals surface area contributed by atoms with Crippen molar-refractivity contribution in [1.82, 2.24) is 10.3 Å². The van der Waals surface area contributed by atoms with Gasteiger partial charge in [-0.3, -0.25) is 0 Å². The van der Waals surface area contributed by atoms with E-state index in [0.717, 1.165) is 5.56 Å². The highest BCUT2D eigenvalue weighted by molar-refractivity contribution is 14.0. The van der Waals surface area contributed by atoms with E-state index in [1.54, 1.807) is 13.3 Å². The molecule has 0 amide bonds. The Morgan fingerprint density at radius 3 is 2.95 bits per heavy atom. The summed E-state index contributed by atoms with van der Waals surface area (Å²) < 4.78 is 10.4. The summed E-state index contributed by atoms with van der Waals surface area (Å²) in [6, 6.07) is 3.90. The van der Waals surface area contributed by atoms with Crippen LogP contribution in [0.3, 0.4) is 0 Å². The van der Waals surface area contributed by atoms with Crippen molar-refractivity contribution < 1.29 is 9.47 Å². The highest BCUT2D eigenvalue weighted by Crippen LogP contribution is 2.14. The number of ether oxygens (including phenoxy) is 2. The van der Waals surface area contributed by atoms with Crippen molar-refractivity contribution in [2.75, 3.05) is 20.3 Å². The summed E-state index contributed by atoms with van der Waals surface area (Å²) in [5.41, 5.74) is 6.71. The first-order valence-corrected chi connectivity index (χ1v) is 6.29. The molecule has 7 heteroatoms. The minimum Gasteiger partial charge on any atom is -0.478 e. The molecular weight excluding hydrogens is 371 g/mol. The molecule has 0 saturated carbocycles. The predicted octanol–water partition coefficient (Wildman–Crippen LogP) is 1.54. The third-order valence-electron chi connectivity index (χ3n) is 2.36. The van der Waals surface area contributed by atoms with E-state index in [0.29, 0.717) is 31.6 Å². The Morgan fingerprint density at radius 2 is 2.30 bits per heavy atom. The number of rotatable bonds is 7. The van der Waals surface area contributed by atoms with Crippen LogP contribution >= 0.6 is 24.0 Å². The molecule has 20 heavy (non-hydrogen) atoms. The van der Waals surface area contributed by atoms with E-state index in [4.69, 9.17) is 15.2 Å². The van der Waals surface area contributed by atoms with Crippen molar-refractivity contribution in [1.29, 1.82) is 0 Å². The lowest BCUT2D eigenvalue weighted by Gasteiger charge is -2.13. The van der Waals surface area contributed by atoms with Gasteiger partial charge in [-0.2, -0.15) is 0 Å². The van der Waals surface area contributed by atoms with E-state index in [-0.39, 0.29) is 30.0 Å². The highest BCUT2D eigenvalue weighted by atomic mass is 127. The van der Waals surface area contributed by atoms with Gasteiger partial charge in [0.1, 0.15) is 0 Å². The SMILES string of the molecule is CCOc1ncccc1CN=C(N)NC(C)COC.I. The van der Waals surface area contributed by atoms with Crippen molar-refractivity contribution in [3.63, 3.8) is 0 Å². The number of pyridine rings is 1. The fourth-order valence-electron chi connectivity index (χ4n) is 1.57. The molecule has 6 nitrogen and oxygen atoms in total. The van der Waals surface area contributed by atoms with E-state index in [1.807, 2.05) is 26.0 Å². The molecule has 1 heterocycles. The van der Waals surface area contributed by atoms with Crippen LogP contribution in [-0.2, 0) is 11.3 Å². The molecule has 1 aromatic rings. The number of aliphatic imine (C=N–C) groups is 1. The average Bonchev–Trinajstić information content (AvgIpc) is 2.38. The number of guanidine groups is 1. The molecule has 0 aliphatic carbocycles. The van der Waals surface area contributed by atoms with Crippen molar-refractivity contribution in [2.45, 2.75) is 26.4 Å². The third kappa shape index (κ3) is 6.90. The molecule has 3 N–H and O–H groups in total. The Morgan fingerprint density at radius 1 is 1.55 bits per heavy atom. The van der Waals surface area contributed by atoms with Gasteiger partial charge in [0.2, 0.25) is 5.88 Å². The van der Waals surface area contributed by atoms with Crippen LogP contribution in [0.4, 0.5) is 0 Å². The zero-order valence-corrected chi connectivity index (χ0v) is 14.5. The zero-order chi connectivity index (χ0) is 14.1. The summed E-state index contributed by atoms with van der Waals surface area (Å²) in [6.45, 7) is 5.48. The third-order valence-corrected chi connectivity index (χ3v) is 2.36. The van der Waals surface area contributed by atoms with Gasteiger partial charge in [-0.25, -0.2) is 9.98 Å². The first-order chi connectivity index (χ1) is 9.17. The molecule has 1 atom stereocenters. The van der Waals surface area contributed by atoms with E-state index in [1.165, 1.54) is 0 Å². The van der Waals surface area contributed by atoms with Crippen LogP contribution in [0.5, 0.6) is 5.88 Å². The van der Waals surface area contributed by atoms with Crippen LogP contribution in [0.15, 0.2) is 23.3 Å². The van der Waals surface area contributed by atoms with E-state index < -0.39 is 0 Å². The maximum atomic E-state index is 5.80. The summed E-state index contributed by atoms with van der Waals surface area (Å²) >= 11 is 0. The van der Waals surface area contributed by atoms with Gasteiger partial charge in [0, 0.05) is 24.9 Å². The van der Waals surface area contributed by atoms with Gasteiger partial charge in [0.15, 0.2) is 5.96 Å². The van der Waals surface area contributed by atoms with E-state index >= 15 is 0 Å². The summed E-state index contributed by atoms with van der Waals surface area (Å²) in [4.78, 5) is 8.43. The van der Waals surface area contributed by atoms with Crippen molar-refractivity contribution in [3.8, 4) is 5.88 Å². The molecule has 0 aromatic carbocycles. The summed E-state index contributed by atoms with van der Waals surface area (Å²) in [6.07, 6.45) is 1.69. The number of hydrogen-bond acceptors (Lipinski definition) is 4. The van der Waals surface area contributed by atoms with E-state index in [9.17, 15) is 0 Å². The van der Waals surface area contributed by atoms with Gasteiger partial charge in [0.25, 0.3) is 0 Å². The smallest absolute Gasteiger partial charge is 0.218 e. The van der Waals surface area contributed by atoms with Crippen molar-refractivity contribution in [2.24, 2.45) is 10.7 Å². The number of halogens is 1. The lowest BCUT2D eigenvalue weighted by atomic mass is 10.3. The normalized spacial score (nSPS) is 12.4. The number of nitrogens with two attached hydrogens (primary N) is 1. The molecule has 0 fully saturated rings. The second-order valence-electron chi connectivity index (χ2n) is 4.10. The monoisotopic (exact) mass is 394 g/mol. The van der Waals surface area contributed by atoms with Crippen LogP contribution < -0.4 is 15.8 Å². The standard InChI is InChI=1S/C13H22N4O2.HI/c1-4-19-12-11(6-5-7-15-12)8-16-13(14)17-10(2)9-18-3;/h5-7,10H,4,8-9H2,1-3H3,(H3,14,16,17);1H. The molecule has 1 unspecified atom stereocenters. The van der Waals surface area contributed by atoms with Gasteiger partial charge >= 0.3 is 0 Å². The topological polar surface area (TPSA) is 81.8 Å². The Balaban J connectivity index is 0.00000361. The largest absolute Gasteiger partial charge is 0.478 e. The first-order valence-electron chi connectivity index (χ1n) is 6.29. The predicted molar refractivity (Wildman–Crippen MR) is 90.6 cm³/mol. The number of methoxy groups -OCH3 is 1. The molecule has 0 bridgehead atoms. The lowest BCUT2D eigenvalue weighted by molar-refractivity contribution is 0.179. The zero-order valence-electron chi connectivity index (χ0n) is 12.1. The number of nitrogens with one attached hydrogen (secondary N) is 1. The average molecular weight is 394 g/mol. The molecule has 0 radical (unpaired) electrons. The van der Waals surface area contributed by atoms with Crippen LogP contribution in [0, 0.1) is 0 Å². The Hall–Kier alpha value is -1.09. The van der Waals surface area contributed by atoms with Crippen LogP contribution in [0.2, 0.25) is 0 Å². The molecule has 0 aliphatic rings. The maximum absolute atomic E-state index is 5.80. The van der Waals surface area contributed by atoms with Crippen LogP contribution in [-0.4, -0.2) is 37.3 Å². The molecule has 0 aliphatic heterocycles. The maximum Gasteiger partial charge on any atom is 0.218 e. The number of nitrogens with zero attached hydrogens (tertiary/aromatic N) is 2. The van der Waals surface area contributed by atoms with Crippen molar-refractivity contribution in [3.05, 3.63) is 23.9 Å². The molecule has 114 valence electrons. The van der Waals surface area contributed by atoms with E-state index in [2.05, 4.69) is 15.3 Å². The second-order valence-corrected chi connectivity index (χ2v) is 4.10. The second kappa shape index (κ2) is 10.7. The fourth-order valence-corrected chi connectivity index (χ4v) is 1.57. The Labute approximate surface area is 137 Å². The Kier molecular flexibility index (Phi) is 10.1. The molecular formula is C13H23IN4O2. The Bertz CT molecular complexity index is 415. The summed E-state index contributed by atoms with van der Waals surface area (Å²) in [7, 11) is 1.65. The minimum atomic E-state index is 0. The molecule has 0 saturated heterocycles. The van der Waals surface area contributed by atoms with Gasteiger partial charge in [0.05, 0.1) is 19.8 Å². The minimum absolute atomic E-state index is 0. The summed E-state index contributed by atoms with van der Waals surface area (Å²) in [5, 5.41) is 3.04. The molecule has 1 rings (SSSR count). The fraction of sp³-hybridized carbons (Fsp3) is 0.538. The highest BCUT2D eigenvalue weighted by Gasteiger charge is 2.05. The number of hydrogen-bond donors (Lipinski definition) is 2. The molecule has 1 aromatic heterocycles. The van der Waals surface area contributed by atoms with Crippen LogP contribution in [0.25, 0.3) is 0 Å². The van der Waals surface area contributed by atoms with Crippen molar-refractivity contribution >= 4 is 29.9 Å². The lowest BCUT2D eigenvalue weighted by Crippen LogP contribution is -2.40. The van der Waals surface area contributed by atoms with Gasteiger partial charge in [-0.1, -0.05) is 6.07 Å². The first kappa shape index (κ1) is 18.9. The molecule has 0 spiro atoms. The number of aromatic nitrogens is 1. The van der Waals surface area contributed by atoms with Crippen LogP contribution in [0.1, 0.15) is 19.4 Å².